The molecule has 2 unspecified atom stereocenters. The van der Waals surface area contributed by atoms with E-state index in [9.17, 15) is 9.59 Å². The van der Waals surface area contributed by atoms with Crippen molar-refractivity contribution in [3.63, 3.8) is 0 Å². The summed E-state index contributed by atoms with van der Waals surface area (Å²) in [6.45, 7) is 2.46. The lowest BCUT2D eigenvalue weighted by Crippen LogP contribution is -2.25. The van der Waals surface area contributed by atoms with Gasteiger partial charge in [-0.25, -0.2) is 0 Å². The van der Waals surface area contributed by atoms with Gasteiger partial charge in [-0.15, -0.1) is 0 Å². The van der Waals surface area contributed by atoms with E-state index in [0.717, 1.165) is 0 Å². The fourth-order valence-corrected chi connectivity index (χ4v) is 2.01. The lowest BCUT2D eigenvalue weighted by atomic mass is 10.1. The van der Waals surface area contributed by atoms with Gasteiger partial charge in [0.15, 0.2) is 0 Å². The first-order valence-electron chi connectivity index (χ1n) is 6.05. The van der Waals surface area contributed by atoms with Gasteiger partial charge < -0.3 is 15.6 Å². The van der Waals surface area contributed by atoms with Crippen LogP contribution in [0.15, 0.2) is 35.3 Å². The number of aromatic nitrogens is 1. The molecule has 0 bridgehead atoms. The van der Waals surface area contributed by atoms with Crippen LogP contribution < -0.4 is 16.6 Å². The zero-order valence-corrected chi connectivity index (χ0v) is 10.3. The molecule has 2 atom stereocenters. The lowest BCUT2D eigenvalue weighted by Gasteiger charge is -2.11. The highest BCUT2D eigenvalue weighted by Gasteiger charge is 2.22. The van der Waals surface area contributed by atoms with Crippen molar-refractivity contribution >= 4 is 11.6 Å². The number of nitrogens with zero attached hydrogens (tertiary/aromatic N) is 1. The Bertz CT molecular complexity index is 533. The number of anilines is 1. The molecular formula is C13H17N3O2. The van der Waals surface area contributed by atoms with Gasteiger partial charge in [-0.1, -0.05) is 12.2 Å². The molecule has 5 nitrogen and oxygen atoms in total. The first-order chi connectivity index (χ1) is 8.60. The highest BCUT2D eigenvalue weighted by Crippen LogP contribution is 2.18. The summed E-state index contributed by atoms with van der Waals surface area (Å²) in [5.74, 6) is -0.262. The monoisotopic (exact) mass is 247 g/mol. The van der Waals surface area contributed by atoms with E-state index >= 15 is 0 Å². The SMILES string of the molecule is CCn1cc(NC(=O)C2C=CC(N)C2)ccc1=O. The average molecular weight is 247 g/mol. The average Bonchev–Trinajstić information content (AvgIpc) is 2.78. The smallest absolute Gasteiger partial charge is 0.250 e. The van der Waals surface area contributed by atoms with Crippen molar-refractivity contribution in [3.8, 4) is 0 Å². The molecule has 18 heavy (non-hydrogen) atoms. The van der Waals surface area contributed by atoms with E-state index in [1.54, 1.807) is 16.8 Å². The molecule has 3 N–H and O–H groups in total. The van der Waals surface area contributed by atoms with Crippen molar-refractivity contribution in [2.24, 2.45) is 11.7 Å². The molecule has 1 aliphatic rings. The summed E-state index contributed by atoms with van der Waals surface area (Å²) in [5.41, 5.74) is 6.27. The van der Waals surface area contributed by atoms with Crippen LogP contribution in [0.2, 0.25) is 0 Å². The summed E-state index contributed by atoms with van der Waals surface area (Å²) in [6.07, 6.45) is 5.96. The van der Waals surface area contributed by atoms with Crippen LogP contribution in [0.3, 0.4) is 0 Å². The molecule has 0 radical (unpaired) electrons. The Morgan fingerprint density at radius 2 is 2.28 bits per heavy atom. The number of amides is 1. The highest BCUT2D eigenvalue weighted by atomic mass is 16.2. The van der Waals surface area contributed by atoms with Gasteiger partial charge in [-0.3, -0.25) is 9.59 Å². The predicted octanol–water partition coefficient (Wildman–Crippen LogP) is 0.710. The minimum atomic E-state index is -0.179. The number of pyridine rings is 1. The summed E-state index contributed by atoms with van der Waals surface area (Å²) >= 11 is 0. The molecule has 0 aromatic carbocycles. The molecule has 0 saturated carbocycles. The maximum absolute atomic E-state index is 11.9. The van der Waals surface area contributed by atoms with Crippen molar-refractivity contribution in [2.45, 2.75) is 25.9 Å². The van der Waals surface area contributed by atoms with Gasteiger partial charge in [0, 0.05) is 24.8 Å². The Kier molecular flexibility index (Phi) is 3.62. The fraction of sp³-hybridized carbons (Fsp3) is 0.385. The number of nitrogens with one attached hydrogen (secondary N) is 1. The molecule has 0 fully saturated rings. The number of aryl methyl sites for hydroxylation is 1. The van der Waals surface area contributed by atoms with Crippen LogP contribution in [-0.4, -0.2) is 16.5 Å². The Morgan fingerprint density at radius 1 is 1.50 bits per heavy atom. The molecule has 96 valence electrons. The number of carbonyl (C=O) groups excluding carboxylic acids is 1. The van der Waals surface area contributed by atoms with Crippen LogP contribution in [0.4, 0.5) is 5.69 Å². The van der Waals surface area contributed by atoms with E-state index in [1.165, 1.54) is 6.07 Å². The Morgan fingerprint density at radius 3 is 2.89 bits per heavy atom. The second-order valence-corrected chi connectivity index (χ2v) is 4.42. The number of carbonyl (C=O) groups is 1. The van der Waals surface area contributed by atoms with E-state index in [2.05, 4.69) is 5.32 Å². The third-order valence-electron chi connectivity index (χ3n) is 3.05. The maximum Gasteiger partial charge on any atom is 0.250 e. The summed E-state index contributed by atoms with van der Waals surface area (Å²) in [5, 5.41) is 2.80. The van der Waals surface area contributed by atoms with Crippen molar-refractivity contribution in [1.29, 1.82) is 0 Å². The summed E-state index contributed by atoms with van der Waals surface area (Å²) < 4.78 is 1.55. The Labute approximate surface area is 105 Å². The number of hydrogen-bond donors (Lipinski definition) is 2. The Hall–Kier alpha value is -1.88. The molecule has 1 aromatic heterocycles. The second kappa shape index (κ2) is 5.18. The first-order valence-corrected chi connectivity index (χ1v) is 6.05. The quantitative estimate of drug-likeness (QED) is 0.772. The highest BCUT2D eigenvalue weighted by molar-refractivity contribution is 5.93. The number of nitrogens with two attached hydrogens (primary N) is 1. The fourth-order valence-electron chi connectivity index (χ4n) is 2.01. The number of rotatable bonds is 3. The third-order valence-corrected chi connectivity index (χ3v) is 3.05. The minimum absolute atomic E-state index is 0.0367. The van der Waals surface area contributed by atoms with E-state index in [-0.39, 0.29) is 23.4 Å². The van der Waals surface area contributed by atoms with E-state index < -0.39 is 0 Å². The summed E-state index contributed by atoms with van der Waals surface area (Å²) in [4.78, 5) is 23.3. The zero-order chi connectivity index (χ0) is 13.1. The van der Waals surface area contributed by atoms with Crippen molar-refractivity contribution in [2.75, 3.05) is 5.32 Å². The van der Waals surface area contributed by atoms with Crippen molar-refractivity contribution in [1.82, 2.24) is 4.57 Å². The standard InChI is InChI=1S/C13H17N3O2/c1-2-16-8-11(5-6-12(16)17)15-13(18)9-3-4-10(14)7-9/h3-6,8-10H,2,7,14H2,1H3,(H,15,18). The van der Waals surface area contributed by atoms with Gasteiger partial charge >= 0.3 is 0 Å². The van der Waals surface area contributed by atoms with E-state index in [4.69, 9.17) is 5.73 Å². The van der Waals surface area contributed by atoms with Gasteiger partial charge in [0.1, 0.15) is 0 Å². The van der Waals surface area contributed by atoms with Crippen molar-refractivity contribution < 1.29 is 4.79 Å². The van der Waals surface area contributed by atoms with Gasteiger partial charge in [-0.05, 0) is 19.4 Å². The molecule has 2 rings (SSSR count). The van der Waals surface area contributed by atoms with Crippen LogP contribution in [0.1, 0.15) is 13.3 Å². The molecule has 0 aliphatic heterocycles. The molecule has 0 saturated heterocycles. The molecular weight excluding hydrogens is 230 g/mol. The second-order valence-electron chi connectivity index (χ2n) is 4.42. The molecule has 1 heterocycles. The minimum Gasteiger partial charge on any atom is -0.324 e. The number of hydrogen-bond acceptors (Lipinski definition) is 3. The third kappa shape index (κ3) is 2.68. The van der Waals surface area contributed by atoms with Gasteiger partial charge in [0.05, 0.1) is 11.6 Å². The zero-order valence-electron chi connectivity index (χ0n) is 10.3. The van der Waals surface area contributed by atoms with E-state index in [0.29, 0.717) is 18.7 Å². The van der Waals surface area contributed by atoms with E-state index in [1.807, 2.05) is 19.1 Å². The normalized spacial score (nSPS) is 22.1. The van der Waals surface area contributed by atoms with Gasteiger partial charge in [0.25, 0.3) is 5.56 Å². The predicted molar refractivity (Wildman–Crippen MR) is 70.2 cm³/mol. The van der Waals surface area contributed by atoms with Gasteiger partial charge in [0.2, 0.25) is 5.91 Å². The molecule has 1 aliphatic carbocycles. The summed E-state index contributed by atoms with van der Waals surface area (Å²) in [6, 6.07) is 3.03. The molecule has 0 spiro atoms. The van der Waals surface area contributed by atoms with Crippen LogP contribution in [0, 0.1) is 5.92 Å². The molecule has 1 amide bonds. The summed E-state index contributed by atoms with van der Waals surface area (Å²) in [7, 11) is 0. The van der Waals surface area contributed by atoms with Crippen LogP contribution in [-0.2, 0) is 11.3 Å². The largest absolute Gasteiger partial charge is 0.324 e. The van der Waals surface area contributed by atoms with Crippen LogP contribution >= 0.6 is 0 Å². The van der Waals surface area contributed by atoms with Crippen molar-refractivity contribution in [3.05, 3.63) is 40.8 Å². The lowest BCUT2D eigenvalue weighted by molar-refractivity contribution is -0.118. The van der Waals surface area contributed by atoms with Crippen LogP contribution in [0.5, 0.6) is 0 Å². The Balaban J connectivity index is 2.08. The molecule has 1 aromatic rings. The topological polar surface area (TPSA) is 77.1 Å². The molecule has 5 heteroatoms. The first kappa shape index (κ1) is 12.6. The maximum atomic E-state index is 11.9. The van der Waals surface area contributed by atoms with Crippen LogP contribution in [0.25, 0.3) is 0 Å². The van der Waals surface area contributed by atoms with Gasteiger partial charge in [-0.2, -0.15) is 0 Å².